The van der Waals surface area contributed by atoms with Crippen LogP contribution in [0.3, 0.4) is 0 Å². The zero-order valence-electron chi connectivity index (χ0n) is 16.1. The average Bonchev–Trinajstić information content (AvgIpc) is 2.66. The Morgan fingerprint density at radius 3 is 2.48 bits per heavy atom. The van der Waals surface area contributed by atoms with Crippen LogP contribution in [0.1, 0.15) is 25.0 Å². The molecule has 3 N–H and O–H groups in total. The van der Waals surface area contributed by atoms with Crippen molar-refractivity contribution in [3.05, 3.63) is 58.6 Å². The van der Waals surface area contributed by atoms with Crippen molar-refractivity contribution in [2.75, 3.05) is 0 Å². The lowest BCUT2D eigenvalue weighted by atomic mass is 10.2. The highest BCUT2D eigenvalue weighted by molar-refractivity contribution is 7.99. The standard InChI is InChI=1S/C19H21ClN4O3S2/c1-12-9-18(29(26,27)24-19(21)23-22-13(2)14(3)25)17(10-16(12)20)28-11-15-7-5-4-6-8-15/h4-10H,11H2,1-3H3,(H3,21,23,24)/b22-13+. The minimum atomic E-state index is -4.14. The van der Waals surface area contributed by atoms with E-state index in [1.165, 1.54) is 31.7 Å². The first-order chi connectivity index (χ1) is 13.6. The number of aryl methyl sites for hydroxylation is 1. The molecule has 0 saturated heterocycles. The fraction of sp³-hybridized carbons (Fsp3) is 0.211. The molecule has 0 aromatic heterocycles. The van der Waals surface area contributed by atoms with E-state index in [0.29, 0.717) is 21.2 Å². The zero-order chi connectivity index (χ0) is 21.6. The summed E-state index contributed by atoms with van der Waals surface area (Å²) in [4.78, 5) is 11.6. The normalized spacial score (nSPS) is 12.7. The number of nitrogens with two attached hydrogens (primary N) is 1. The number of guanidine groups is 1. The lowest BCUT2D eigenvalue weighted by Crippen LogP contribution is -2.30. The summed E-state index contributed by atoms with van der Waals surface area (Å²) in [5, 5.41) is 4.16. The third-order valence-corrected chi connectivity index (χ3v) is 6.80. The smallest absolute Gasteiger partial charge is 0.286 e. The maximum Gasteiger partial charge on any atom is 0.286 e. The molecule has 0 fully saturated rings. The first-order valence-corrected chi connectivity index (χ1v) is 11.3. The van der Waals surface area contributed by atoms with Crippen molar-refractivity contribution in [2.45, 2.75) is 36.3 Å². The Kier molecular flexibility index (Phi) is 7.83. The summed E-state index contributed by atoms with van der Waals surface area (Å²) >= 11 is 7.54. The molecule has 2 aromatic carbocycles. The Hall–Kier alpha value is -2.36. The van der Waals surface area contributed by atoms with Crippen LogP contribution in [0.2, 0.25) is 5.02 Å². The van der Waals surface area contributed by atoms with Gasteiger partial charge in [-0.3, -0.25) is 4.79 Å². The van der Waals surface area contributed by atoms with E-state index < -0.39 is 16.0 Å². The second-order valence-corrected chi connectivity index (χ2v) is 9.14. The van der Waals surface area contributed by atoms with Gasteiger partial charge >= 0.3 is 0 Å². The van der Waals surface area contributed by atoms with Gasteiger partial charge in [0.25, 0.3) is 10.0 Å². The summed E-state index contributed by atoms with van der Waals surface area (Å²) in [5.41, 5.74) is 9.69. The number of hydrogen-bond acceptors (Lipinski definition) is 5. The zero-order valence-corrected chi connectivity index (χ0v) is 18.5. The van der Waals surface area contributed by atoms with Gasteiger partial charge in [-0.2, -0.15) is 13.5 Å². The number of carbonyl (C=O) groups is 1. The molecule has 0 aliphatic carbocycles. The summed E-state index contributed by atoms with van der Waals surface area (Å²) in [5.74, 6) is -0.166. The van der Waals surface area contributed by atoms with Crippen molar-refractivity contribution < 1.29 is 13.2 Å². The van der Waals surface area contributed by atoms with E-state index in [-0.39, 0.29) is 16.4 Å². The maximum absolute atomic E-state index is 12.8. The van der Waals surface area contributed by atoms with Crippen molar-refractivity contribution >= 4 is 50.8 Å². The summed E-state index contributed by atoms with van der Waals surface area (Å²) < 4.78 is 29.3. The molecule has 29 heavy (non-hydrogen) atoms. The van der Waals surface area contributed by atoms with Gasteiger partial charge in [0.1, 0.15) is 10.6 Å². The third-order valence-electron chi connectivity index (χ3n) is 3.81. The Balaban J connectivity index is 2.35. The van der Waals surface area contributed by atoms with Gasteiger partial charge in [-0.1, -0.05) is 41.9 Å². The number of nitrogens with zero attached hydrogens (tertiary/aromatic N) is 2. The maximum atomic E-state index is 12.8. The topological polar surface area (TPSA) is 114 Å². The number of thioether (sulfide) groups is 1. The summed E-state index contributed by atoms with van der Waals surface area (Å²) in [6.45, 7) is 4.51. The number of halogens is 1. The van der Waals surface area contributed by atoms with Crippen LogP contribution in [0, 0.1) is 6.92 Å². The molecule has 0 bridgehead atoms. The van der Waals surface area contributed by atoms with E-state index in [2.05, 4.69) is 14.9 Å². The molecule has 0 amide bonds. The van der Waals surface area contributed by atoms with Crippen molar-refractivity contribution in [2.24, 2.45) is 15.2 Å². The van der Waals surface area contributed by atoms with Crippen molar-refractivity contribution in [3.8, 4) is 0 Å². The number of hydrazone groups is 1. The summed E-state index contributed by atoms with van der Waals surface area (Å²) in [6.07, 6.45) is 0. The van der Waals surface area contributed by atoms with Gasteiger partial charge < -0.3 is 5.73 Å². The SMILES string of the molecule is CC(=O)/C(C)=N/N/C(N)=N/S(=O)(=O)c1cc(C)c(Cl)cc1SCc1ccccc1. The number of ketones is 1. The Morgan fingerprint density at radius 1 is 1.21 bits per heavy atom. The molecule has 0 aliphatic heterocycles. The van der Waals surface area contributed by atoms with Crippen LogP contribution in [-0.4, -0.2) is 25.9 Å². The molecular formula is C19H21ClN4O3S2. The first kappa shape index (κ1) is 22.9. The molecule has 0 radical (unpaired) electrons. The Morgan fingerprint density at radius 2 is 1.86 bits per heavy atom. The van der Waals surface area contributed by atoms with Gasteiger partial charge in [-0.25, -0.2) is 5.43 Å². The summed E-state index contributed by atoms with van der Waals surface area (Å²) in [7, 11) is -4.14. The Bertz CT molecular complexity index is 1070. The monoisotopic (exact) mass is 452 g/mol. The van der Waals surface area contributed by atoms with Crippen LogP contribution >= 0.6 is 23.4 Å². The quantitative estimate of drug-likeness (QED) is 0.287. The molecule has 2 rings (SSSR count). The molecule has 2 aromatic rings. The molecular weight excluding hydrogens is 432 g/mol. The lowest BCUT2D eigenvalue weighted by Gasteiger charge is -2.11. The number of sulfonamides is 1. The second-order valence-electron chi connectivity index (χ2n) is 6.14. The average molecular weight is 453 g/mol. The van der Waals surface area contributed by atoms with Gasteiger partial charge in [-0.15, -0.1) is 16.2 Å². The highest BCUT2D eigenvalue weighted by Crippen LogP contribution is 2.34. The lowest BCUT2D eigenvalue weighted by molar-refractivity contribution is -0.111. The molecule has 0 unspecified atom stereocenters. The Labute approximate surface area is 179 Å². The van der Waals surface area contributed by atoms with Crippen LogP contribution in [0.15, 0.2) is 61.8 Å². The molecule has 0 saturated carbocycles. The van der Waals surface area contributed by atoms with Gasteiger partial charge in [0, 0.05) is 22.6 Å². The number of rotatable bonds is 7. The molecule has 0 aliphatic rings. The van der Waals surface area contributed by atoms with E-state index in [1.54, 1.807) is 13.0 Å². The number of Topliss-reactive ketones (excluding diaryl/α,β-unsaturated/α-hetero) is 1. The third kappa shape index (κ3) is 6.59. The van der Waals surface area contributed by atoms with E-state index in [4.69, 9.17) is 17.3 Å². The van der Waals surface area contributed by atoms with E-state index in [1.807, 2.05) is 30.3 Å². The largest absolute Gasteiger partial charge is 0.368 e. The van der Waals surface area contributed by atoms with Crippen molar-refractivity contribution in [3.63, 3.8) is 0 Å². The van der Waals surface area contributed by atoms with E-state index in [0.717, 1.165) is 5.56 Å². The van der Waals surface area contributed by atoms with E-state index >= 15 is 0 Å². The van der Waals surface area contributed by atoms with Crippen LogP contribution < -0.4 is 11.2 Å². The summed E-state index contributed by atoms with van der Waals surface area (Å²) in [6, 6.07) is 12.7. The van der Waals surface area contributed by atoms with Gasteiger partial charge in [-0.05, 0) is 37.1 Å². The van der Waals surface area contributed by atoms with Gasteiger partial charge in [0.2, 0.25) is 5.96 Å². The first-order valence-electron chi connectivity index (χ1n) is 8.48. The fourth-order valence-electron chi connectivity index (χ4n) is 2.11. The number of benzene rings is 2. The fourth-order valence-corrected chi connectivity index (χ4v) is 4.78. The minimum Gasteiger partial charge on any atom is -0.368 e. The highest BCUT2D eigenvalue weighted by Gasteiger charge is 2.21. The predicted molar refractivity (Wildman–Crippen MR) is 118 cm³/mol. The molecule has 7 nitrogen and oxygen atoms in total. The van der Waals surface area contributed by atoms with E-state index in [9.17, 15) is 13.2 Å². The molecule has 0 heterocycles. The minimum absolute atomic E-state index is 0.00245. The molecule has 154 valence electrons. The van der Waals surface area contributed by atoms with Crippen molar-refractivity contribution in [1.82, 2.24) is 5.43 Å². The van der Waals surface area contributed by atoms with Crippen molar-refractivity contribution in [1.29, 1.82) is 0 Å². The molecule has 10 heteroatoms. The van der Waals surface area contributed by atoms with Crippen LogP contribution in [0.4, 0.5) is 0 Å². The second kappa shape index (κ2) is 9.91. The molecule has 0 spiro atoms. The van der Waals surface area contributed by atoms with Gasteiger partial charge in [0.15, 0.2) is 5.78 Å². The number of nitrogens with one attached hydrogen (secondary N) is 1. The number of hydrogen-bond donors (Lipinski definition) is 2. The molecule has 0 atom stereocenters. The van der Waals surface area contributed by atoms with Crippen LogP contribution in [0.25, 0.3) is 0 Å². The predicted octanol–water partition coefficient (Wildman–Crippen LogP) is 3.50. The highest BCUT2D eigenvalue weighted by atomic mass is 35.5. The van der Waals surface area contributed by atoms with Gasteiger partial charge in [0.05, 0.1) is 0 Å². The van der Waals surface area contributed by atoms with Crippen LogP contribution in [0.5, 0.6) is 0 Å². The van der Waals surface area contributed by atoms with Crippen LogP contribution in [-0.2, 0) is 20.6 Å². The number of carbonyl (C=O) groups excluding carboxylic acids is 1.